The highest BCUT2D eigenvalue weighted by molar-refractivity contribution is 4.92. The van der Waals surface area contributed by atoms with Gasteiger partial charge in [0, 0.05) is 31.8 Å². The van der Waals surface area contributed by atoms with Gasteiger partial charge in [-0.15, -0.1) is 0 Å². The van der Waals surface area contributed by atoms with Crippen LogP contribution >= 0.6 is 0 Å². The summed E-state index contributed by atoms with van der Waals surface area (Å²) in [5.74, 6) is 1.59. The third kappa shape index (κ3) is 3.69. The molecule has 3 aliphatic rings. The summed E-state index contributed by atoms with van der Waals surface area (Å²) < 4.78 is 11.1. The van der Waals surface area contributed by atoms with Crippen LogP contribution in [0.2, 0.25) is 0 Å². The van der Waals surface area contributed by atoms with E-state index in [0.717, 1.165) is 44.8 Å². The molecule has 0 bridgehead atoms. The van der Waals surface area contributed by atoms with Gasteiger partial charge in [0.25, 0.3) is 0 Å². The van der Waals surface area contributed by atoms with Gasteiger partial charge < -0.3 is 20.1 Å². The van der Waals surface area contributed by atoms with E-state index in [0.29, 0.717) is 12.1 Å². The normalized spacial score (nSPS) is 37.6. The average Bonchev–Trinajstić information content (AvgIpc) is 2.95. The highest BCUT2D eigenvalue weighted by atomic mass is 16.5. The fourth-order valence-electron chi connectivity index (χ4n) is 3.85. The van der Waals surface area contributed by atoms with Crippen LogP contribution in [0.4, 0.5) is 0 Å². The van der Waals surface area contributed by atoms with Crippen molar-refractivity contribution in [3.05, 3.63) is 0 Å². The maximum atomic E-state index is 5.63. The molecular formula is C15H28N2O2. The molecule has 4 nitrogen and oxygen atoms in total. The smallest absolute Gasteiger partial charge is 0.0623 e. The van der Waals surface area contributed by atoms with Gasteiger partial charge in [0.2, 0.25) is 0 Å². The first-order valence-corrected chi connectivity index (χ1v) is 8.06. The molecule has 0 aromatic heterocycles. The molecule has 2 heterocycles. The Hall–Kier alpha value is -0.160. The Morgan fingerprint density at radius 3 is 2.68 bits per heavy atom. The summed E-state index contributed by atoms with van der Waals surface area (Å²) in [6.45, 7) is 5.90. The molecular weight excluding hydrogens is 240 g/mol. The van der Waals surface area contributed by atoms with E-state index in [1.54, 1.807) is 0 Å². The first-order chi connectivity index (χ1) is 9.43. The molecule has 3 unspecified atom stereocenters. The summed E-state index contributed by atoms with van der Waals surface area (Å²) in [4.78, 5) is 0. The van der Waals surface area contributed by atoms with Crippen LogP contribution in [0.3, 0.4) is 0 Å². The number of hydrogen-bond acceptors (Lipinski definition) is 4. The SMILES string of the molecule is C1CC(NCC2CCOCC2)C(C2COCCN2)C1. The van der Waals surface area contributed by atoms with Crippen LogP contribution in [0.5, 0.6) is 0 Å². The van der Waals surface area contributed by atoms with Gasteiger partial charge >= 0.3 is 0 Å². The molecule has 4 heteroatoms. The van der Waals surface area contributed by atoms with E-state index in [9.17, 15) is 0 Å². The van der Waals surface area contributed by atoms with Gasteiger partial charge in [-0.05, 0) is 44.1 Å². The van der Waals surface area contributed by atoms with Gasteiger partial charge in [0.05, 0.1) is 13.2 Å². The molecule has 3 atom stereocenters. The van der Waals surface area contributed by atoms with E-state index in [4.69, 9.17) is 9.47 Å². The molecule has 0 radical (unpaired) electrons. The predicted octanol–water partition coefficient (Wildman–Crippen LogP) is 1.16. The zero-order chi connectivity index (χ0) is 12.9. The van der Waals surface area contributed by atoms with E-state index < -0.39 is 0 Å². The fourth-order valence-corrected chi connectivity index (χ4v) is 3.85. The topological polar surface area (TPSA) is 42.5 Å². The highest BCUT2D eigenvalue weighted by Crippen LogP contribution is 2.30. The summed E-state index contributed by atoms with van der Waals surface area (Å²) in [5.41, 5.74) is 0. The summed E-state index contributed by atoms with van der Waals surface area (Å²) in [6, 6.07) is 1.27. The maximum Gasteiger partial charge on any atom is 0.0623 e. The van der Waals surface area contributed by atoms with Crippen molar-refractivity contribution in [2.24, 2.45) is 11.8 Å². The summed E-state index contributed by atoms with van der Waals surface area (Å²) in [6.07, 6.45) is 6.52. The Kier molecular flexibility index (Phi) is 5.10. The van der Waals surface area contributed by atoms with Crippen molar-refractivity contribution < 1.29 is 9.47 Å². The van der Waals surface area contributed by atoms with Crippen molar-refractivity contribution in [1.29, 1.82) is 0 Å². The minimum absolute atomic E-state index is 0.573. The fraction of sp³-hybridized carbons (Fsp3) is 1.00. The van der Waals surface area contributed by atoms with E-state index >= 15 is 0 Å². The Bertz CT molecular complexity index is 263. The average molecular weight is 268 g/mol. The van der Waals surface area contributed by atoms with Crippen molar-refractivity contribution in [2.75, 3.05) is 39.5 Å². The lowest BCUT2D eigenvalue weighted by Gasteiger charge is -2.34. The van der Waals surface area contributed by atoms with Crippen molar-refractivity contribution in [3.8, 4) is 0 Å². The highest BCUT2D eigenvalue weighted by Gasteiger charge is 2.34. The molecule has 3 fully saturated rings. The lowest BCUT2D eigenvalue weighted by atomic mass is 9.93. The quantitative estimate of drug-likeness (QED) is 0.803. The molecule has 1 saturated carbocycles. The van der Waals surface area contributed by atoms with Crippen molar-refractivity contribution in [3.63, 3.8) is 0 Å². The summed E-state index contributed by atoms with van der Waals surface area (Å²) >= 11 is 0. The maximum absolute atomic E-state index is 5.63. The summed E-state index contributed by atoms with van der Waals surface area (Å²) in [5, 5.41) is 7.49. The van der Waals surface area contributed by atoms with Crippen LogP contribution in [-0.2, 0) is 9.47 Å². The number of morpholine rings is 1. The van der Waals surface area contributed by atoms with Gasteiger partial charge in [-0.3, -0.25) is 0 Å². The lowest BCUT2D eigenvalue weighted by Crippen LogP contribution is -2.51. The van der Waals surface area contributed by atoms with Gasteiger partial charge in [-0.2, -0.15) is 0 Å². The first kappa shape index (κ1) is 13.8. The Morgan fingerprint density at radius 2 is 1.89 bits per heavy atom. The third-order valence-corrected chi connectivity index (χ3v) is 5.05. The van der Waals surface area contributed by atoms with Crippen molar-refractivity contribution >= 4 is 0 Å². The standard InChI is InChI=1S/C15H28N2O2/c1-2-13(15-11-19-9-6-16-15)14(3-1)17-10-12-4-7-18-8-5-12/h12-17H,1-11H2. The monoisotopic (exact) mass is 268 g/mol. The molecule has 0 aromatic rings. The summed E-state index contributed by atoms with van der Waals surface area (Å²) in [7, 11) is 0. The second kappa shape index (κ2) is 7.02. The van der Waals surface area contributed by atoms with Gasteiger partial charge in [0.1, 0.15) is 0 Å². The lowest BCUT2D eigenvalue weighted by molar-refractivity contribution is 0.0490. The molecule has 19 heavy (non-hydrogen) atoms. The molecule has 0 amide bonds. The molecule has 1 aliphatic carbocycles. The molecule has 2 aliphatic heterocycles. The van der Waals surface area contributed by atoms with Crippen molar-refractivity contribution in [2.45, 2.75) is 44.2 Å². The number of hydrogen-bond donors (Lipinski definition) is 2. The van der Waals surface area contributed by atoms with E-state index in [1.807, 2.05) is 0 Å². The molecule has 3 rings (SSSR count). The number of nitrogens with one attached hydrogen (secondary N) is 2. The largest absolute Gasteiger partial charge is 0.381 e. The molecule has 0 spiro atoms. The Morgan fingerprint density at radius 1 is 1.00 bits per heavy atom. The van der Waals surface area contributed by atoms with Gasteiger partial charge in [-0.1, -0.05) is 6.42 Å². The minimum Gasteiger partial charge on any atom is -0.381 e. The molecule has 2 N–H and O–H groups in total. The third-order valence-electron chi connectivity index (χ3n) is 5.05. The number of ether oxygens (including phenoxy) is 2. The molecule has 110 valence electrons. The number of rotatable bonds is 4. The van der Waals surface area contributed by atoms with E-state index in [1.165, 1.54) is 38.6 Å². The van der Waals surface area contributed by atoms with Crippen LogP contribution in [0.25, 0.3) is 0 Å². The second-order valence-corrected chi connectivity index (χ2v) is 6.30. The second-order valence-electron chi connectivity index (χ2n) is 6.30. The van der Waals surface area contributed by atoms with Crippen LogP contribution in [0, 0.1) is 11.8 Å². The molecule has 0 aromatic carbocycles. The van der Waals surface area contributed by atoms with Crippen molar-refractivity contribution in [1.82, 2.24) is 10.6 Å². The van der Waals surface area contributed by atoms with Gasteiger partial charge in [0.15, 0.2) is 0 Å². The zero-order valence-electron chi connectivity index (χ0n) is 11.9. The van der Waals surface area contributed by atoms with Crippen LogP contribution < -0.4 is 10.6 Å². The minimum atomic E-state index is 0.573. The Labute approximate surface area is 116 Å². The van der Waals surface area contributed by atoms with Crippen LogP contribution in [0.1, 0.15) is 32.1 Å². The van der Waals surface area contributed by atoms with E-state index in [2.05, 4.69) is 10.6 Å². The van der Waals surface area contributed by atoms with Crippen LogP contribution in [0.15, 0.2) is 0 Å². The zero-order valence-corrected chi connectivity index (χ0v) is 11.9. The first-order valence-electron chi connectivity index (χ1n) is 8.06. The molecule has 2 saturated heterocycles. The van der Waals surface area contributed by atoms with E-state index in [-0.39, 0.29) is 0 Å². The van der Waals surface area contributed by atoms with Gasteiger partial charge in [-0.25, -0.2) is 0 Å². The Balaban J connectivity index is 1.45. The predicted molar refractivity (Wildman–Crippen MR) is 75.3 cm³/mol. The van der Waals surface area contributed by atoms with Crippen LogP contribution in [-0.4, -0.2) is 51.6 Å².